The van der Waals surface area contributed by atoms with Crippen LogP contribution in [-0.2, 0) is 0 Å². The summed E-state index contributed by atoms with van der Waals surface area (Å²) in [6, 6.07) is 109. The zero-order valence-corrected chi connectivity index (χ0v) is 46.6. The summed E-state index contributed by atoms with van der Waals surface area (Å²) < 4.78 is 9.36. The van der Waals surface area contributed by atoms with Crippen molar-refractivity contribution in [1.82, 2.24) is 28.2 Å². The lowest BCUT2D eigenvalue weighted by atomic mass is 10.1. The van der Waals surface area contributed by atoms with Crippen LogP contribution in [0.2, 0.25) is 0 Å². The van der Waals surface area contributed by atoms with Crippen molar-refractivity contribution in [1.29, 1.82) is 5.26 Å². The number of benzene rings is 12. The van der Waals surface area contributed by atoms with Crippen molar-refractivity contribution >= 4 is 97.3 Å². The van der Waals surface area contributed by atoms with Crippen LogP contribution in [0.25, 0.3) is 122 Å². The second-order valence-electron chi connectivity index (χ2n) is 21.7. The Hall–Kier alpha value is -11.2. The number of rotatable bonds is 9. The Morgan fingerprint density at radius 1 is 0.271 bits per heavy atom. The lowest BCUT2D eigenvalue weighted by Crippen LogP contribution is -2.07. The Labute approximate surface area is 490 Å². The number of para-hydroxylation sites is 5. The number of hydrogen-bond acceptors (Lipinski definition) is 3. The molecule has 17 rings (SSSR count). The molecule has 8 heteroatoms. The molecule has 85 heavy (non-hydrogen) atoms. The Morgan fingerprint density at radius 3 is 1.12 bits per heavy atom. The molecule has 0 bridgehead atoms. The summed E-state index contributed by atoms with van der Waals surface area (Å²) in [5.41, 5.74) is 12.2. The van der Waals surface area contributed by atoms with E-state index in [2.05, 4.69) is 309 Å². The van der Waals surface area contributed by atoms with E-state index in [1.807, 2.05) is 12.1 Å². The van der Waals surface area contributed by atoms with Crippen molar-refractivity contribution < 1.29 is 0 Å². The van der Waals surface area contributed by atoms with Crippen LogP contribution in [0.5, 0.6) is 0 Å². The summed E-state index contributed by atoms with van der Waals surface area (Å²) in [7, 11) is -1.96. The Morgan fingerprint density at radius 2 is 0.624 bits per heavy atom. The van der Waals surface area contributed by atoms with Crippen molar-refractivity contribution in [3.63, 3.8) is 0 Å². The molecule has 5 heterocycles. The van der Waals surface area contributed by atoms with Crippen molar-refractivity contribution in [2.45, 2.75) is 19.6 Å². The van der Waals surface area contributed by atoms with Gasteiger partial charge in [0.1, 0.15) is 11.6 Å². The van der Waals surface area contributed by atoms with Gasteiger partial charge in [0.2, 0.25) is 0 Å². The highest BCUT2D eigenvalue weighted by atomic mass is 32.3. The molecule has 0 radical (unpaired) electrons. The highest BCUT2D eigenvalue weighted by molar-refractivity contribution is 8.34. The molecule has 0 saturated heterocycles. The first-order valence-electron chi connectivity index (χ1n) is 28.6. The van der Waals surface area contributed by atoms with Crippen LogP contribution in [-0.4, -0.2) is 28.2 Å². The Kier molecular flexibility index (Phi) is 10.9. The van der Waals surface area contributed by atoms with E-state index in [0.29, 0.717) is 11.4 Å². The maximum atomic E-state index is 10.0. The van der Waals surface area contributed by atoms with Crippen molar-refractivity contribution in [2.75, 3.05) is 0 Å². The van der Waals surface area contributed by atoms with Crippen LogP contribution in [0.15, 0.2) is 317 Å². The normalized spacial score (nSPS) is 12.2. The molecule has 0 aliphatic rings. The maximum absolute atomic E-state index is 10.0. The van der Waals surface area contributed by atoms with E-state index in [1.165, 1.54) is 41.4 Å². The Balaban J connectivity index is 0.920. The molecule has 0 amide bonds. The van der Waals surface area contributed by atoms with Crippen molar-refractivity contribution in [3.8, 4) is 40.5 Å². The van der Waals surface area contributed by atoms with E-state index in [4.69, 9.17) is 9.97 Å². The van der Waals surface area contributed by atoms with Gasteiger partial charge in [-0.3, -0.25) is 9.13 Å². The van der Waals surface area contributed by atoms with Gasteiger partial charge < -0.3 is 9.13 Å². The maximum Gasteiger partial charge on any atom is 0.163 e. The molecule has 0 saturated carbocycles. The molecule has 5 aromatic heterocycles. The average Bonchev–Trinajstić information content (AvgIpc) is 2.90. The molecule has 7 nitrogen and oxygen atoms in total. The molecule has 0 N–H and O–H groups in total. The van der Waals surface area contributed by atoms with Gasteiger partial charge in [-0.1, -0.05) is 164 Å². The second kappa shape index (κ2) is 19.2. The Bertz CT molecular complexity index is 5400. The fourth-order valence-electron chi connectivity index (χ4n) is 13.5. The molecule has 0 atom stereocenters. The standard InChI is InChI=1S/C77H49N7S/c78-50-51-36-44-72-65(46-51)62-29-13-17-33-69(62)82(72)54-39-43-64-61-28-12-18-34-70(61)84(74(64)48-54)76-49-75(83-71-35-19-14-30-63(71)66-47-53(40-45-73(66)83)81-67-31-15-10-26-59(67)60-27-11-16-32-68(60)81)79-77(80-76)52-37-41-58(42-38-52)85(55-20-4-1-5-21-55,56-22-6-2-7-23-56)57-24-8-3-9-25-57/h1-49H. The average molecular weight is 1100 g/mol. The number of nitriles is 1. The quantitative estimate of drug-likeness (QED) is 0.145. The van der Waals surface area contributed by atoms with E-state index in [1.54, 1.807) is 0 Å². The highest BCUT2D eigenvalue weighted by Crippen LogP contribution is 2.73. The summed E-state index contributed by atoms with van der Waals surface area (Å²) in [6.07, 6.45) is 0. The van der Waals surface area contributed by atoms with Gasteiger partial charge in [0.25, 0.3) is 0 Å². The van der Waals surface area contributed by atoms with Gasteiger partial charge in [0.15, 0.2) is 5.82 Å². The molecular formula is C77H49N7S. The van der Waals surface area contributed by atoms with Gasteiger partial charge in [0, 0.05) is 85.7 Å². The summed E-state index contributed by atoms with van der Waals surface area (Å²) in [4.78, 5) is 16.4. The number of fused-ring (bicyclic) bond motifs is 12. The molecule has 0 aliphatic heterocycles. The van der Waals surface area contributed by atoms with Crippen LogP contribution in [0.4, 0.5) is 0 Å². The zero-order chi connectivity index (χ0) is 56.2. The minimum absolute atomic E-state index is 0.601. The third kappa shape index (κ3) is 7.34. The van der Waals surface area contributed by atoms with Crippen LogP contribution in [0.3, 0.4) is 0 Å². The molecule has 0 fully saturated rings. The first-order valence-corrected chi connectivity index (χ1v) is 30.2. The summed E-state index contributed by atoms with van der Waals surface area (Å²) in [5, 5.41) is 19.1. The topological polar surface area (TPSA) is 69.3 Å². The van der Waals surface area contributed by atoms with Crippen LogP contribution < -0.4 is 0 Å². The first kappa shape index (κ1) is 48.5. The predicted molar refractivity (Wildman–Crippen MR) is 350 cm³/mol. The molecule has 398 valence electrons. The first-order chi connectivity index (χ1) is 42.1. The van der Waals surface area contributed by atoms with Gasteiger partial charge in [-0.2, -0.15) is 5.26 Å². The fourth-order valence-corrected chi connectivity index (χ4v) is 17.4. The van der Waals surface area contributed by atoms with E-state index in [-0.39, 0.29) is 0 Å². The summed E-state index contributed by atoms with van der Waals surface area (Å²) in [5.74, 6) is 2.08. The van der Waals surface area contributed by atoms with E-state index in [9.17, 15) is 5.26 Å². The zero-order valence-electron chi connectivity index (χ0n) is 45.8. The minimum Gasteiger partial charge on any atom is -0.309 e. The SMILES string of the molecule is N#Cc1ccc2c(c1)c1ccccc1n2-c1ccc2c3ccccc3n(-c3cc(-n4c5ccccc5c5cc(-n6c7ccccc7c7ccccc76)ccc54)nc(-c4ccc(S(c5ccccc5)(c5ccccc5)c5ccccc5)cc4)n3)c2c1. The van der Waals surface area contributed by atoms with Crippen LogP contribution in [0.1, 0.15) is 5.56 Å². The third-order valence-corrected chi connectivity index (χ3v) is 21.0. The fraction of sp³-hybridized carbons (Fsp3) is 0. The number of aromatic nitrogens is 6. The number of nitrogens with zero attached hydrogens (tertiary/aromatic N) is 7. The monoisotopic (exact) mass is 1100 g/mol. The minimum atomic E-state index is -1.96. The molecule has 0 aliphatic carbocycles. The van der Waals surface area contributed by atoms with E-state index < -0.39 is 10.0 Å². The predicted octanol–water partition coefficient (Wildman–Crippen LogP) is 19.7. The van der Waals surface area contributed by atoms with Gasteiger partial charge in [0.05, 0.1) is 55.8 Å². The van der Waals surface area contributed by atoms with E-state index in [0.717, 1.165) is 94.0 Å². The van der Waals surface area contributed by atoms with Crippen LogP contribution in [0, 0.1) is 11.3 Å². The molecule has 0 unspecified atom stereocenters. The third-order valence-electron chi connectivity index (χ3n) is 17.1. The summed E-state index contributed by atoms with van der Waals surface area (Å²) in [6.45, 7) is 0. The summed E-state index contributed by atoms with van der Waals surface area (Å²) >= 11 is 0. The van der Waals surface area contributed by atoms with Gasteiger partial charge in [-0.05, 0) is 127 Å². The van der Waals surface area contributed by atoms with Crippen molar-refractivity contribution in [3.05, 3.63) is 303 Å². The second-order valence-corrected chi connectivity index (χ2v) is 24.8. The number of hydrogen-bond donors (Lipinski definition) is 0. The van der Waals surface area contributed by atoms with Gasteiger partial charge >= 0.3 is 0 Å². The molecular weight excluding hydrogens is 1050 g/mol. The smallest absolute Gasteiger partial charge is 0.163 e. The van der Waals surface area contributed by atoms with Crippen molar-refractivity contribution in [2.24, 2.45) is 0 Å². The lowest BCUT2D eigenvalue weighted by Gasteiger charge is -2.42. The van der Waals surface area contributed by atoms with Gasteiger partial charge in [-0.25, -0.2) is 9.97 Å². The largest absolute Gasteiger partial charge is 0.309 e. The molecule has 17 aromatic rings. The van der Waals surface area contributed by atoms with E-state index >= 15 is 0 Å². The lowest BCUT2D eigenvalue weighted by molar-refractivity contribution is 0.993. The molecule has 12 aromatic carbocycles. The highest BCUT2D eigenvalue weighted by Gasteiger charge is 2.33. The van der Waals surface area contributed by atoms with Gasteiger partial charge in [-0.15, -0.1) is 10.0 Å². The molecule has 0 spiro atoms. The van der Waals surface area contributed by atoms with Crippen LogP contribution >= 0.6 is 10.0 Å².